The molecule has 0 atom stereocenters. The Balaban J connectivity index is 2.00. The van der Waals surface area contributed by atoms with Crippen LogP contribution in [-0.2, 0) is 17.6 Å². The van der Waals surface area contributed by atoms with Gasteiger partial charge in [0.1, 0.15) is 11.5 Å². The van der Waals surface area contributed by atoms with Gasteiger partial charge in [-0.05, 0) is 17.7 Å². The predicted molar refractivity (Wildman–Crippen MR) is 63.4 cm³/mol. The number of rotatable bonds is 5. The summed E-state index contributed by atoms with van der Waals surface area (Å²) in [5.74, 6) is 0.416. The first-order valence-corrected chi connectivity index (χ1v) is 5.57. The molecule has 94 valence electrons. The standard InChI is InChI=1S/C13H13NO4/c15-10-3-1-2-9(6-10)7-12-14-8-11(18-12)4-5-13(16)17/h1-3,6,8,15H,4-5,7H2,(H,16,17). The van der Waals surface area contributed by atoms with Gasteiger partial charge in [-0.25, -0.2) is 4.98 Å². The molecule has 0 aliphatic heterocycles. The Bertz CT molecular complexity index is 547. The van der Waals surface area contributed by atoms with Crippen molar-refractivity contribution in [1.82, 2.24) is 4.98 Å². The minimum absolute atomic E-state index is 0.0285. The number of aryl methyl sites for hydroxylation is 1. The van der Waals surface area contributed by atoms with E-state index >= 15 is 0 Å². The molecule has 5 heteroatoms. The maximum Gasteiger partial charge on any atom is 0.303 e. The quantitative estimate of drug-likeness (QED) is 0.844. The Morgan fingerprint density at radius 3 is 2.94 bits per heavy atom. The van der Waals surface area contributed by atoms with Crippen LogP contribution in [0.5, 0.6) is 5.75 Å². The predicted octanol–water partition coefficient (Wildman–Crippen LogP) is 1.99. The molecule has 5 nitrogen and oxygen atoms in total. The van der Waals surface area contributed by atoms with Crippen LogP contribution < -0.4 is 0 Å². The van der Waals surface area contributed by atoms with Crippen molar-refractivity contribution in [2.75, 3.05) is 0 Å². The second kappa shape index (κ2) is 5.35. The molecule has 0 radical (unpaired) electrons. The van der Waals surface area contributed by atoms with Crippen molar-refractivity contribution >= 4 is 5.97 Å². The largest absolute Gasteiger partial charge is 0.508 e. The lowest BCUT2D eigenvalue weighted by Crippen LogP contribution is -1.96. The van der Waals surface area contributed by atoms with E-state index in [0.29, 0.717) is 24.5 Å². The SMILES string of the molecule is O=C(O)CCc1cnc(Cc2cccc(O)c2)o1. The molecule has 0 saturated heterocycles. The average molecular weight is 247 g/mol. The highest BCUT2D eigenvalue weighted by Crippen LogP contribution is 2.15. The first kappa shape index (κ1) is 12.2. The molecule has 0 aliphatic carbocycles. The Hall–Kier alpha value is -2.30. The fourth-order valence-corrected chi connectivity index (χ4v) is 1.62. The van der Waals surface area contributed by atoms with Gasteiger partial charge in [0.15, 0.2) is 5.89 Å². The number of hydrogen-bond donors (Lipinski definition) is 2. The lowest BCUT2D eigenvalue weighted by atomic mass is 10.1. The minimum atomic E-state index is -0.860. The number of hydrogen-bond acceptors (Lipinski definition) is 4. The van der Waals surface area contributed by atoms with Gasteiger partial charge in [0.2, 0.25) is 0 Å². The zero-order chi connectivity index (χ0) is 13.0. The third kappa shape index (κ3) is 3.35. The maximum atomic E-state index is 10.4. The number of phenols is 1. The van der Waals surface area contributed by atoms with Crippen LogP contribution in [0.4, 0.5) is 0 Å². The van der Waals surface area contributed by atoms with Crippen LogP contribution in [0.25, 0.3) is 0 Å². The van der Waals surface area contributed by atoms with Crippen LogP contribution in [0, 0.1) is 0 Å². The molecule has 1 heterocycles. The molecular formula is C13H13NO4. The summed E-state index contributed by atoms with van der Waals surface area (Å²) >= 11 is 0. The van der Waals surface area contributed by atoms with Gasteiger partial charge in [-0.15, -0.1) is 0 Å². The maximum absolute atomic E-state index is 10.4. The van der Waals surface area contributed by atoms with Crippen molar-refractivity contribution in [1.29, 1.82) is 0 Å². The van der Waals surface area contributed by atoms with Crippen molar-refractivity contribution in [2.24, 2.45) is 0 Å². The van der Waals surface area contributed by atoms with Gasteiger partial charge >= 0.3 is 5.97 Å². The number of oxazole rings is 1. The van der Waals surface area contributed by atoms with E-state index in [1.54, 1.807) is 24.4 Å². The van der Waals surface area contributed by atoms with Crippen LogP contribution in [0.15, 0.2) is 34.9 Å². The van der Waals surface area contributed by atoms with Gasteiger partial charge in [0.05, 0.1) is 12.6 Å². The van der Waals surface area contributed by atoms with E-state index in [0.717, 1.165) is 5.56 Å². The topological polar surface area (TPSA) is 83.6 Å². The number of aliphatic carboxylic acids is 1. The van der Waals surface area contributed by atoms with Crippen molar-refractivity contribution < 1.29 is 19.4 Å². The van der Waals surface area contributed by atoms with Crippen molar-refractivity contribution in [3.8, 4) is 5.75 Å². The third-order valence-electron chi connectivity index (χ3n) is 2.45. The molecule has 2 N–H and O–H groups in total. The Labute approximate surface area is 104 Å². The summed E-state index contributed by atoms with van der Waals surface area (Å²) in [6.07, 6.45) is 2.38. The highest BCUT2D eigenvalue weighted by Gasteiger charge is 2.07. The van der Waals surface area contributed by atoms with E-state index in [2.05, 4.69) is 4.98 Å². The van der Waals surface area contributed by atoms with E-state index in [1.807, 2.05) is 6.07 Å². The molecule has 0 bridgehead atoms. The Morgan fingerprint density at radius 1 is 1.39 bits per heavy atom. The van der Waals surface area contributed by atoms with Crippen LogP contribution in [0.2, 0.25) is 0 Å². The summed E-state index contributed by atoms with van der Waals surface area (Å²) in [4.78, 5) is 14.5. The minimum Gasteiger partial charge on any atom is -0.508 e. The summed E-state index contributed by atoms with van der Waals surface area (Å²) < 4.78 is 5.42. The molecule has 0 spiro atoms. The summed E-state index contributed by atoms with van der Waals surface area (Å²) in [7, 11) is 0. The Kier molecular flexibility index (Phi) is 3.62. The zero-order valence-corrected chi connectivity index (χ0v) is 9.67. The first-order chi connectivity index (χ1) is 8.63. The Morgan fingerprint density at radius 2 is 2.22 bits per heavy atom. The van der Waals surface area contributed by atoms with Crippen LogP contribution in [-0.4, -0.2) is 21.2 Å². The first-order valence-electron chi connectivity index (χ1n) is 5.57. The molecule has 2 aromatic rings. The van der Waals surface area contributed by atoms with Gasteiger partial charge in [0, 0.05) is 12.8 Å². The average Bonchev–Trinajstić information content (AvgIpc) is 2.74. The fourth-order valence-electron chi connectivity index (χ4n) is 1.62. The van der Waals surface area contributed by atoms with E-state index in [-0.39, 0.29) is 12.2 Å². The second-order valence-corrected chi connectivity index (χ2v) is 3.96. The van der Waals surface area contributed by atoms with Gasteiger partial charge in [-0.3, -0.25) is 4.79 Å². The van der Waals surface area contributed by atoms with Crippen molar-refractivity contribution in [3.05, 3.63) is 47.7 Å². The molecule has 0 fully saturated rings. The molecule has 1 aromatic carbocycles. The van der Waals surface area contributed by atoms with E-state index in [4.69, 9.17) is 9.52 Å². The summed E-state index contributed by atoms with van der Waals surface area (Å²) in [6.45, 7) is 0. The number of aromatic hydroxyl groups is 1. The molecule has 0 aliphatic rings. The lowest BCUT2D eigenvalue weighted by molar-refractivity contribution is -0.137. The molecule has 0 saturated carbocycles. The van der Waals surface area contributed by atoms with Crippen LogP contribution >= 0.6 is 0 Å². The number of benzene rings is 1. The third-order valence-corrected chi connectivity index (χ3v) is 2.45. The van der Waals surface area contributed by atoms with Crippen molar-refractivity contribution in [3.63, 3.8) is 0 Å². The number of carbonyl (C=O) groups is 1. The summed E-state index contributed by atoms with van der Waals surface area (Å²) in [5, 5.41) is 17.9. The van der Waals surface area contributed by atoms with Crippen LogP contribution in [0.1, 0.15) is 23.6 Å². The van der Waals surface area contributed by atoms with E-state index in [9.17, 15) is 9.90 Å². The van der Waals surface area contributed by atoms with Crippen LogP contribution in [0.3, 0.4) is 0 Å². The van der Waals surface area contributed by atoms with Crippen molar-refractivity contribution in [2.45, 2.75) is 19.3 Å². The lowest BCUT2D eigenvalue weighted by Gasteiger charge is -1.98. The summed E-state index contributed by atoms with van der Waals surface area (Å²) in [6, 6.07) is 6.85. The van der Waals surface area contributed by atoms with E-state index < -0.39 is 5.97 Å². The number of nitrogens with zero attached hydrogens (tertiary/aromatic N) is 1. The number of carboxylic acids is 1. The number of aromatic nitrogens is 1. The highest BCUT2D eigenvalue weighted by molar-refractivity contribution is 5.66. The van der Waals surface area contributed by atoms with E-state index in [1.165, 1.54) is 0 Å². The molecular weight excluding hydrogens is 234 g/mol. The molecule has 0 unspecified atom stereocenters. The number of phenolic OH excluding ortho intramolecular Hbond substituents is 1. The smallest absolute Gasteiger partial charge is 0.303 e. The second-order valence-electron chi connectivity index (χ2n) is 3.96. The van der Waals surface area contributed by atoms with Gasteiger partial charge < -0.3 is 14.6 Å². The molecule has 18 heavy (non-hydrogen) atoms. The molecule has 0 amide bonds. The van der Waals surface area contributed by atoms with Gasteiger partial charge in [0.25, 0.3) is 0 Å². The highest BCUT2D eigenvalue weighted by atomic mass is 16.4. The normalized spacial score (nSPS) is 10.4. The monoisotopic (exact) mass is 247 g/mol. The number of carboxylic acid groups (broad SMARTS) is 1. The molecule has 2 rings (SSSR count). The fraction of sp³-hybridized carbons (Fsp3) is 0.231. The van der Waals surface area contributed by atoms with Gasteiger partial charge in [-0.2, -0.15) is 0 Å². The molecule has 1 aromatic heterocycles. The zero-order valence-electron chi connectivity index (χ0n) is 9.67. The summed E-state index contributed by atoms with van der Waals surface area (Å²) in [5.41, 5.74) is 0.890. The van der Waals surface area contributed by atoms with Gasteiger partial charge in [-0.1, -0.05) is 12.1 Å².